The fourth-order valence-corrected chi connectivity index (χ4v) is 2.43. The van der Waals surface area contributed by atoms with Gasteiger partial charge in [0, 0.05) is 0 Å². The van der Waals surface area contributed by atoms with E-state index < -0.39 is 0 Å². The first-order valence-electron chi connectivity index (χ1n) is 8.07. The molecule has 19 heavy (non-hydrogen) atoms. The monoisotopic (exact) mass is 266 g/mol. The molecule has 1 unspecified atom stereocenters. The highest BCUT2D eigenvalue weighted by Gasteiger charge is 2.04. The number of tetrazole rings is 1. The second kappa shape index (κ2) is 10.9. The molecule has 0 bridgehead atoms. The molecule has 0 fully saturated rings. The highest BCUT2D eigenvalue weighted by atomic mass is 15.5. The van der Waals surface area contributed by atoms with Gasteiger partial charge in [-0.1, -0.05) is 71.1 Å². The van der Waals surface area contributed by atoms with Gasteiger partial charge in [0.1, 0.15) is 6.33 Å². The van der Waals surface area contributed by atoms with Crippen molar-refractivity contribution < 1.29 is 0 Å². The zero-order valence-corrected chi connectivity index (χ0v) is 12.7. The van der Waals surface area contributed by atoms with Crippen molar-refractivity contribution in [1.82, 2.24) is 20.2 Å². The smallest absolute Gasteiger partial charge is 0.138 e. The molecule has 0 aromatic carbocycles. The number of nitrogens with zero attached hydrogens (tertiary/aromatic N) is 4. The Hall–Kier alpha value is -0.930. The average molecular weight is 266 g/mol. The molecule has 4 heteroatoms. The molecule has 0 spiro atoms. The molecule has 0 aliphatic carbocycles. The van der Waals surface area contributed by atoms with Gasteiger partial charge in [-0.3, -0.25) is 0 Å². The lowest BCUT2D eigenvalue weighted by Crippen LogP contribution is -2.05. The van der Waals surface area contributed by atoms with E-state index in [1.165, 1.54) is 70.6 Å². The van der Waals surface area contributed by atoms with Crippen LogP contribution < -0.4 is 0 Å². The fourth-order valence-electron chi connectivity index (χ4n) is 2.43. The number of hydrogen-bond acceptors (Lipinski definition) is 3. The van der Waals surface area contributed by atoms with E-state index in [1.54, 1.807) is 6.33 Å². The molecule has 0 amide bonds. The molecular weight excluding hydrogens is 236 g/mol. The Labute approximate surface area is 118 Å². The predicted octanol–water partition coefficient (Wildman–Crippen LogP) is 4.55. The summed E-state index contributed by atoms with van der Waals surface area (Å²) in [5, 5.41) is 11.3. The minimum Gasteiger partial charge on any atom is -0.230 e. The highest BCUT2D eigenvalue weighted by Crippen LogP contribution is 2.15. The molecule has 0 aliphatic rings. The van der Waals surface area contributed by atoms with Crippen LogP contribution in [0.25, 0.3) is 0 Å². The Morgan fingerprint density at radius 2 is 1.47 bits per heavy atom. The Morgan fingerprint density at radius 3 is 2.00 bits per heavy atom. The van der Waals surface area contributed by atoms with Crippen molar-refractivity contribution in [3.05, 3.63) is 6.33 Å². The van der Waals surface area contributed by atoms with Gasteiger partial charge in [-0.15, -0.1) is 5.10 Å². The number of unbranched alkanes of at least 4 members (excludes halogenated alkanes) is 9. The molecule has 1 aromatic heterocycles. The molecule has 0 radical (unpaired) electrons. The lowest BCUT2D eigenvalue weighted by Gasteiger charge is -2.09. The first-order chi connectivity index (χ1) is 9.34. The zero-order valence-electron chi connectivity index (χ0n) is 12.7. The first-order valence-corrected chi connectivity index (χ1v) is 8.07. The Morgan fingerprint density at radius 1 is 0.895 bits per heavy atom. The van der Waals surface area contributed by atoms with E-state index >= 15 is 0 Å². The second-order valence-corrected chi connectivity index (χ2v) is 5.61. The van der Waals surface area contributed by atoms with Crippen LogP contribution in [0.1, 0.15) is 90.5 Å². The second-order valence-electron chi connectivity index (χ2n) is 5.61. The molecule has 1 atom stereocenters. The van der Waals surface area contributed by atoms with E-state index in [4.69, 9.17) is 0 Å². The third kappa shape index (κ3) is 7.96. The van der Waals surface area contributed by atoms with E-state index in [1.807, 2.05) is 4.68 Å². The molecular formula is C15H30N4. The predicted molar refractivity (Wildman–Crippen MR) is 79.0 cm³/mol. The molecule has 0 aliphatic heterocycles. The number of aromatic nitrogens is 4. The van der Waals surface area contributed by atoms with Crippen molar-refractivity contribution in [2.24, 2.45) is 0 Å². The van der Waals surface area contributed by atoms with Crippen LogP contribution in [0.15, 0.2) is 6.33 Å². The van der Waals surface area contributed by atoms with Crippen LogP contribution in [-0.4, -0.2) is 20.2 Å². The van der Waals surface area contributed by atoms with Crippen molar-refractivity contribution in [3.8, 4) is 0 Å². The van der Waals surface area contributed by atoms with Gasteiger partial charge in [0.25, 0.3) is 0 Å². The standard InChI is InChI=1S/C15H30N4/c1-3-4-5-6-7-8-9-10-11-12-13-15(2)19-14-16-17-18-19/h14-15H,3-13H2,1-2H3. The summed E-state index contributed by atoms with van der Waals surface area (Å²) >= 11 is 0. The van der Waals surface area contributed by atoms with Crippen LogP contribution in [0.4, 0.5) is 0 Å². The summed E-state index contributed by atoms with van der Waals surface area (Å²) in [5.41, 5.74) is 0. The van der Waals surface area contributed by atoms with Gasteiger partial charge in [0.05, 0.1) is 6.04 Å². The third-order valence-corrected chi connectivity index (χ3v) is 3.79. The first kappa shape index (κ1) is 16.1. The normalized spacial score (nSPS) is 12.7. The largest absolute Gasteiger partial charge is 0.230 e. The van der Waals surface area contributed by atoms with Gasteiger partial charge in [-0.2, -0.15) is 0 Å². The van der Waals surface area contributed by atoms with Crippen molar-refractivity contribution >= 4 is 0 Å². The molecule has 110 valence electrons. The zero-order chi connectivity index (χ0) is 13.8. The van der Waals surface area contributed by atoms with E-state index in [0.717, 1.165) is 0 Å². The van der Waals surface area contributed by atoms with E-state index in [2.05, 4.69) is 29.4 Å². The van der Waals surface area contributed by atoms with Crippen LogP contribution in [0, 0.1) is 0 Å². The summed E-state index contributed by atoms with van der Waals surface area (Å²) in [6.45, 7) is 4.46. The SMILES string of the molecule is CCCCCCCCCCCCC(C)n1cnnn1. The Kier molecular flexibility index (Phi) is 9.29. The average Bonchev–Trinajstić information content (AvgIpc) is 2.95. The van der Waals surface area contributed by atoms with Gasteiger partial charge in [-0.05, 0) is 23.8 Å². The minimum absolute atomic E-state index is 0.434. The molecule has 1 aromatic rings. The number of hydrogen-bond donors (Lipinski definition) is 0. The summed E-state index contributed by atoms with van der Waals surface area (Å²) in [7, 11) is 0. The maximum atomic E-state index is 3.94. The van der Waals surface area contributed by atoms with Crippen molar-refractivity contribution in [1.29, 1.82) is 0 Å². The van der Waals surface area contributed by atoms with E-state index in [9.17, 15) is 0 Å². The maximum Gasteiger partial charge on any atom is 0.138 e. The topological polar surface area (TPSA) is 43.6 Å². The van der Waals surface area contributed by atoms with Crippen LogP contribution in [0.3, 0.4) is 0 Å². The molecule has 0 saturated carbocycles. The minimum atomic E-state index is 0.434. The lowest BCUT2D eigenvalue weighted by molar-refractivity contribution is 0.423. The summed E-state index contributed by atoms with van der Waals surface area (Å²) in [6.07, 6.45) is 16.8. The summed E-state index contributed by atoms with van der Waals surface area (Å²) < 4.78 is 1.85. The van der Waals surface area contributed by atoms with Gasteiger partial charge < -0.3 is 0 Å². The summed E-state index contributed by atoms with van der Waals surface area (Å²) in [4.78, 5) is 0. The molecule has 1 heterocycles. The van der Waals surface area contributed by atoms with Crippen LogP contribution in [0.5, 0.6) is 0 Å². The molecule has 1 rings (SSSR count). The van der Waals surface area contributed by atoms with Crippen LogP contribution in [-0.2, 0) is 0 Å². The Balaban J connectivity index is 1.83. The molecule has 0 N–H and O–H groups in total. The quantitative estimate of drug-likeness (QED) is 0.521. The summed E-state index contributed by atoms with van der Waals surface area (Å²) in [5.74, 6) is 0. The fraction of sp³-hybridized carbons (Fsp3) is 0.933. The summed E-state index contributed by atoms with van der Waals surface area (Å²) in [6, 6.07) is 0.434. The van der Waals surface area contributed by atoms with Gasteiger partial charge >= 0.3 is 0 Å². The van der Waals surface area contributed by atoms with Gasteiger partial charge in [0.2, 0.25) is 0 Å². The van der Waals surface area contributed by atoms with Gasteiger partial charge in [0.15, 0.2) is 0 Å². The Bertz CT molecular complexity index is 284. The van der Waals surface area contributed by atoms with E-state index in [-0.39, 0.29) is 0 Å². The van der Waals surface area contributed by atoms with E-state index in [0.29, 0.717) is 6.04 Å². The van der Waals surface area contributed by atoms with Crippen molar-refractivity contribution in [2.45, 2.75) is 90.5 Å². The lowest BCUT2D eigenvalue weighted by atomic mass is 10.0. The molecule has 0 saturated heterocycles. The maximum absolute atomic E-state index is 3.94. The third-order valence-electron chi connectivity index (χ3n) is 3.79. The highest BCUT2D eigenvalue weighted by molar-refractivity contribution is 4.60. The van der Waals surface area contributed by atoms with Crippen molar-refractivity contribution in [2.75, 3.05) is 0 Å². The van der Waals surface area contributed by atoms with Crippen molar-refractivity contribution in [3.63, 3.8) is 0 Å². The van der Waals surface area contributed by atoms with Crippen LogP contribution >= 0.6 is 0 Å². The molecule has 4 nitrogen and oxygen atoms in total. The van der Waals surface area contributed by atoms with Crippen LogP contribution in [0.2, 0.25) is 0 Å². The number of rotatable bonds is 12. The van der Waals surface area contributed by atoms with Gasteiger partial charge in [-0.25, -0.2) is 4.68 Å².